The Labute approximate surface area is 156 Å². The van der Waals surface area contributed by atoms with E-state index in [4.69, 9.17) is 4.74 Å². The number of H-pyrrole nitrogens is 1. The number of ketones is 1. The maximum Gasteiger partial charge on any atom is 0.170 e. The number of likely N-dealkylation sites (tertiary alicyclic amines) is 1. The van der Waals surface area contributed by atoms with E-state index in [1.165, 1.54) is 17.7 Å². The number of benzene rings is 2. The Morgan fingerprint density at radius 1 is 1.15 bits per heavy atom. The molecule has 4 nitrogen and oxygen atoms in total. The number of rotatable bonds is 2. The Morgan fingerprint density at radius 2 is 1.96 bits per heavy atom. The molecule has 3 aromatic rings. The summed E-state index contributed by atoms with van der Waals surface area (Å²) in [5.41, 5.74) is 2.34. The number of piperidine rings is 1. The van der Waals surface area contributed by atoms with E-state index in [2.05, 4.69) is 9.88 Å². The van der Waals surface area contributed by atoms with Crippen LogP contribution in [-0.2, 0) is 6.54 Å². The second kappa shape index (κ2) is 6.20. The second-order valence-electron chi connectivity index (χ2n) is 7.66. The largest absolute Gasteiger partial charge is 0.486 e. The lowest BCUT2D eigenvalue weighted by atomic mass is 9.82. The average Bonchev–Trinajstić information content (AvgIpc) is 3.05. The van der Waals surface area contributed by atoms with Crippen molar-refractivity contribution in [3.8, 4) is 5.75 Å². The molecule has 1 spiro atoms. The first-order valence-corrected chi connectivity index (χ1v) is 9.41. The van der Waals surface area contributed by atoms with Gasteiger partial charge in [0.1, 0.15) is 17.2 Å². The minimum Gasteiger partial charge on any atom is -0.486 e. The molecule has 1 saturated heterocycles. The molecule has 2 aromatic carbocycles. The van der Waals surface area contributed by atoms with Gasteiger partial charge in [-0.05, 0) is 35.9 Å². The summed E-state index contributed by atoms with van der Waals surface area (Å²) in [5.74, 6) is 0.681. The topological polar surface area (TPSA) is 45.3 Å². The van der Waals surface area contributed by atoms with E-state index >= 15 is 0 Å². The van der Waals surface area contributed by atoms with Gasteiger partial charge in [-0.3, -0.25) is 9.69 Å². The fourth-order valence-electron chi connectivity index (χ4n) is 4.37. The number of Topliss-reactive ketones (excluding diaryl/α,β-unsaturated/α-hetero) is 1. The van der Waals surface area contributed by atoms with Crippen LogP contribution < -0.4 is 4.74 Å². The number of halogens is 1. The number of carbonyl (C=O) groups excluding carboxylic acids is 1. The summed E-state index contributed by atoms with van der Waals surface area (Å²) in [6.45, 7) is 2.57. The molecule has 5 heteroatoms. The van der Waals surface area contributed by atoms with Crippen LogP contribution in [0.15, 0.2) is 48.7 Å². The van der Waals surface area contributed by atoms with Crippen molar-refractivity contribution in [2.75, 3.05) is 13.1 Å². The monoisotopic (exact) mass is 364 g/mol. The first-order valence-electron chi connectivity index (χ1n) is 9.41. The molecule has 138 valence electrons. The normalized spacial score (nSPS) is 19.2. The second-order valence-corrected chi connectivity index (χ2v) is 7.66. The molecule has 1 fully saturated rings. The summed E-state index contributed by atoms with van der Waals surface area (Å²) in [4.78, 5) is 18.1. The SMILES string of the molecule is O=C1CC2(CCN(Cc3c[nH]c4cc(F)ccc34)CC2)Oc2ccccc21. The van der Waals surface area contributed by atoms with E-state index in [-0.39, 0.29) is 17.2 Å². The zero-order chi connectivity index (χ0) is 18.4. The number of hydrogen-bond acceptors (Lipinski definition) is 3. The summed E-state index contributed by atoms with van der Waals surface area (Å²) in [6, 6.07) is 12.4. The summed E-state index contributed by atoms with van der Waals surface area (Å²) >= 11 is 0. The predicted molar refractivity (Wildman–Crippen MR) is 102 cm³/mol. The molecular weight excluding hydrogens is 343 g/mol. The van der Waals surface area contributed by atoms with E-state index < -0.39 is 0 Å². The quantitative estimate of drug-likeness (QED) is 0.737. The molecule has 5 rings (SSSR count). The molecule has 0 bridgehead atoms. The van der Waals surface area contributed by atoms with Crippen LogP contribution in [0.25, 0.3) is 10.9 Å². The van der Waals surface area contributed by atoms with Crippen molar-refractivity contribution in [3.05, 3.63) is 65.6 Å². The van der Waals surface area contributed by atoms with Gasteiger partial charge in [-0.15, -0.1) is 0 Å². The highest BCUT2D eigenvalue weighted by Gasteiger charge is 2.42. The highest BCUT2D eigenvalue weighted by Crippen LogP contribution is 2.39. The highest BCUT2D eigenvalue weighted by atomic mass is 19.1. The third-order valence-corrected chi connectivity index (χ3v) is 5.89. The number of fused-ring (bicyclic) bond motifs is 2. The molecule has 0 aliphatic carbocycles. The molecule has 2 aliphatic rings. The van der Waals surface area contributed by atoms with Crippen LogP contribution in [0, 0.1) is 5.82 Å². The summed E-state index contributed by atoms with van der Waals surface area (Å²) < 4.78 is 19.7. The number of aromatic nitrogens is 1. The van der Waals surface area contributed by atoms with E-state index in [1.807, 2.05) is 36.5 Å². The first-order chi connectivity index (χ1) is 13.1. The van der Waals surface area contributed by atoms with Gasteiger partial charge in [0, 0.05) is 49.6 Å². The molecule has 0 saturated carbocycles. The Bertz CT molecular complexity index is 1020. The standard InChI is InChI=1S/C22H21FN2O2/c23-16-5-6-17-15(13-24-19(17)11-16)14-25-9-7-22(8-10-25)12-20(26)18-3-1-2-4-21(18)27-22/h1-6,11,13,24H,7-10,12,14H2. The van der Waals surface area contributed by atoms with Crippen LogP contribution in [0.4, 0.5) is 4.39 Å². The van der Waals surface area contributed by atoms with E-state index in [0.717, 1.165) is 49.1 Å². The highest BCUT2D eigenvalue weighted by molar-refractivity contribution is 6.00. The zero-order valence-electron chi connectivity index (χ0n) is 15.0. The van der Waals surface area contributed by atoms with Crippen molar-refractivity contribution in [2.24, 2.45) is 0 Å². The lowest BCUT2D eigenvalue weighted by molar-refractivity contribution is -0.0106. The van der Waals surface area contributed by atoms with Crippen LogP contribution in [0.5, 0.6) is 5.75 Å². The van der Waals surface area contributed by atoms with Gasteiger partial charge in [-0.1, -0.05) is 12.1 Å². The third-order valence-electron chi connectivity index (χ3n) is 5.89. The molecule has 2 aliphatic heterocycles. The van der Waals surface area contributed by atoms with Gasteiger partial charge in [0.05, 0.1) is 12.0 Å². The third kappa shape index (κ3) is 2.92. The fraction of sp³-hybridized carbons (Fsp3) is 0.318. The summed E-state index contributed by atoms with van der Waals surface area (Å²) in [7, 11) is 0. The Kier molecular flexibility index (Phi) is 3.79. The van der Waals surface area contributed by atoms with Gasteiger partial charge in [-0.2, -0.15) is 0 Å². The fourth-order valence-corrected chi connectivity index (χ4v) is 4.37. The van der Waals surface area contributed by atoms with E-state index in [9.17, 15) is 9.18 Å². The minimum absolute atomic E-state index is 0.184. The Hall–Kier alpha value is -2.66. The van der Waals surface area contributed by atoms with Crippen molar-refractivity contribution in [2.45, 2.75) is 31.4 Å². The van der Waals surface area contributed by atoms with Crippen molar-refractivity contribution in [3.63, 3.8) is 0 Å². The lowest BCUT2D eigenvalue weighted by Crippen LogP contribution is -2.50. The average molecular weight is 364 g/mol. The number of ether oxygens (including phenoxy) is 1. The van der Waals surface area contributed by atoms with E-state index in [1.54, 1.807) is 0 Å². The van der Waals surface area contributed by atoms with Gasteiger partial charge in [0.15, 0.2) is 5.78 Å². The summed E-state index contributed by atoms with van der Waals surface area (Å²) in [5, 5.41) is 1.06. The molecule has 0 unspecified atom stereocenters. The van der Waals surface area contributed by atoms with Crippen LogP contribution in [-0.4, -0.2) is 34.4 Å². The molecule has 0 atom stereocenters. The number of para-hydroxylation sites is 1. The van der Waals surface area contributed by atoms with Gasteiger partial charge < -0.3 is 9.72 Å². The number of hydrogen-bond donors (Lipinski definition) is 1. The molecular formula is C22H21FN2O2. The number of carbonyl (C=O) groups is 1. The zero-order valence-corrected chi connectivity index (χ0v) is 15.0. The first kappa shape index (κ1) is 16.5. The van der Waals surface area contributed by atoms with Crippen LogP contribution in [0.3, 0.4) is 0 Å². The van der Waals surface area contributed by atoms with Crippen molar-refractivity contribution in [1.29, 1.82) is 0 Å². The minimum atomic E-state index is -0.370. The van der Waals surface area contributed by atoms with Gasteiger partial charge in [-0.25, -0.2) is 4.39 Å². The van der Waals surface area contributed by atoms with Gasteiger partial charge >= 0.3 is 0 Å². The smallest absolute Gasteiger partial charge is 0.170 e. The van der Waals surface area contributed by atoms with Crippen molar-refractivity contribution >= 4 is 16.7 Å². The Balaban J connectivity index is 1.30. The number of aromatic amines is 1. The lowest BCUT2D eigenvalue weighted by Gasteiger charge is -2.44. The van der Waals surface area contributed by atoms with Crippen LogP contribution in [0.1, 0.15) is 35.2 Å². The number of nitrogens with one attached hydrogen (secondary N) is 1. The van der Waals surface area contributed by atoms with Crippen molar-refractivity contribution < 1.29 is 13.9 Å². The van der Waals surface area contributed by atoms with Crippen LogP contribution >= 0.6 is 0 Å². The van der Waals surface area contributed by atoms with Crippen molar-refractivity contribution in [1.82, 2.24) is 9.88 Å². The molecule has 27 heavy (non-hydrogen) atoms. The Morgan fingerprint density at radius 3 is 2.81 bits per heavy atom. The molecule has 0 amide bonds. The molecule has 1 N–H and O–H groups in total. The van der Waals surface area contributed by atoms with E-state index in [0.29, 0.717) is 12.0 Å². The number of nitrogens with zero attached hydrogens (tertiary/aromatic N) is 1. The maximum atomic E-state index is 13.4. The summed E-state index contributed by atoms with van der Waals surface area (Å²) in [6.07, 6.45) is 4.10. The molecule has 0 radical (unpaired) electrons. The van der Waals surface area contributed by atoms with Gasteiger partial charge in [0.25, 0.3) is 0 Å². The maximum absolute atomic E-state index is 13.4. The predicted octanol–water partition coefficient (Wildman–Crippen LogP) is 4.31. The van der Waals surface area contributed by atoms with Crippen LogP contribution in [0.2, 0.25) is 0 Å². The van der Waals surface area contributed by atoms with Gasteiger partial charge in [0.2, 0.25) is 0 Å². The molecule has 1 aromatic heterocycles. The molecule has 3 heterocycles.